The molecule has 0 saturated carbocycles. The van der Waals surface area contributed by atoms with Crippen LogP contribution < -0.4 is 57.1 Å². The van der Waals surface area contributed by atoms with Crippen LogP contribution in [0.1, 0.15) is 13.8 Å². The van der Waals surface area contributed by atoms with Gasteiger partial charge in [0.2, 0.25) is 0 Å². The summed E-state index contributed by atoms with van der Waals surface area (Å²) in [5.74, 6) is 0.662. The van der Waals surface area contributed by atoms with Crippen molar-refractivity contribution in [2.45, 2.75) is 13.8 Å². The van der Waals surface area contributed by atoms with Crippen LogP contribution in [-0.4, -0.2) is 37.1 Å². The maximum absolute atomic E-state index is 5.17. The molecule has 1 rings (SSSR count). The number of nitrogens with two attached hydrogens (primary N) is 1. The van der Waals surface area contributed by atoms with Crippen molar-refractivity contribution in [3.8, 4) is 0 Å². The predicted octanol–water partition coefficient (Wildman–Crippen LogP) is -2.28. The Balaban J connectivity index is -0.000000136. The summed E-state index contributed by atoms with van der Waals surface area (Å²) in [5.41, 5.74) is 5.17. The Labute approximate surface area is 124 Å². The van der Waals surface area contributed by atoms with Crippen molar-refractivity contribution in [1.29, 1.82) is 0 Å². The van der Waals surface area contributed by atoms with E-state index in [1.165, 1.54) is 0 Å². The van der Waals surface area contributed by atoms with Gasteiger partial charge in [-0.15, -0.1) is 6.54 Å². The van der Waals surface area contributed by atoms with Gasteiger partial charge in [0.25, 0.3) is 0 Å². The van der Waals surface area contributed by atoms with Gasteiger partial charge in [-0.1, -0.05) is 13.8 Å². The maximum atomic E-state index is 5.17. The van der Waals surface area contributed by atoms with Crippen LogP contribution in [0, 0.1) is 12.0 Å². The summed E-state index contributed by atoms with van der Waals surface area (Å²) < 4.78 is 0. The van der Waals surface area contributed by atoms with Crippen LogP contribution in [0.2, 0.25) is 0 Å². The van der Waals surface area contributed by atoms with Gasteiger partial charge < -0.3 is 22.2 Å². The molecular formula is C9H20KN2O-. The molecule has 0 aliphatic carbocycles. The van der Waals surface area contributed by atoms with E-state index < -0.39 is 0 Å². The Bertz CT molecular complexity index is 110. The summed E-state index contributed by atoms with van der Waals surface area (Å²) >= 11 is 0. The molecule has 74 valence electrons. The third-order valence-electron chi connectivity index (χ3n) is 1.38. The molecule has 0 aromatic heterocycles. The molecule has 0 fully saturated rings. The topological polar surface area (TPSA) is 59.3 Å². The predicted molar refractivity (Wildman–Crippen MR) is 51.1 cm³/mol. The van der Waals surface area contributed by atoms with Crippen LogP contribution in [0.15, 0.2) is 6.08 Å². The standard InChI is InChI=1S/C5H8N.C4H11N.K.H2O/c1-6-4-2-3-5-6;1-4(2)3-5;;/h2H,4-5H2,1H3;4H,3,5H2,1-2H3;;1H2/q-1;;+1;/p-1. The Hall–Kier alpha value is 1.26. The fourth-order valence-corrected chi connectivity index (χ4v) is 0.505. The van der Waals surface area contributed by atoms with Crippen molar-refractivity contribution in [2.24, 2.45) is 11.7 Å². The number of hydrogen-bond donors (Lipinski definition) is 1. The van der Waals surface area contributed by atoms with Gasteiger partial charge in [0.15, 0.2) is 0 Å². The molecule has 0 amide bonds. The van der Waals surface area contributed by atoms with Crippen molar-refractivity contribution in [1.82, 2.24) is 4.90 Å². The summed E-state index contributed by atoms with van der Waals surface area (Å²) in [4.78, 5) is 2.19. The summed E-state index contributed by atoms with van der Waals surface area (Å²) in [7, 11) is 2.08. The first-order chi connectivity index (χ1) is 5.16. The van der Waals surface area contributed by atoms with E-state index in [1.807, 2.05) is 0 Å². The smallest absolute Gasteiger partial charge is 0.870 e. The molecule has 0 unspecified atom stereocenters. The molecule has 0 spiro atoms. The van der Waals surface area contributed by atoms with E-state index in [2.05, 4.69) is 37.9 Å². The Morgan fingerprint density at radius 3 is 2.08 bits per heavy atom. The van der Waals surface area contributed by atoms with Gasteiger partial charge >= 0.3 is 51.4 Å². The van der Waals surface area contributed by atoms with Crippen LogP contribution in [-0.2, 0) is 0 Å². The molecule has 3 N–H and O–H groups in total. The van der Waals surface area contributed by atoms with Crippen LogP contribution in [0.3, 0.4) is 0 Å². The largest absolute Gasteiger partial charge is 1.00 e. The zero-order valence-corrected chi connectivity index (χ0v) is 12.4. The first-order valence-corrected chi connectivity index (χ1v) is 4.10. The van der Waals surface area contributed by atoms with Crippen molar-refractivity contribution < 1.29 is 56.9 Å². The minimum atomic E-state index is 0. The first kappa shape index (κ1) is 19.8. The van der Waals surface area contributed by atoms with Gasteiger partial charge in [-0.05, 0) is 26.1 Å². The molecule has 0 aromatic carbocycles. The number of hydrogen-bond acceptors (Lipinski definition) is 3. The fourth-order valence-electron chi connectivity index (χ4n) is 0.505. The molecule has 0 aromatic rings. The van der Waals surface area contributed by atoms with Crippen LogP contribution >= 0.6 is 0 Å². The van der Waals surface area contributed by atoms with Crippen molar-refractivity contribution in [2.75, 3.05) is 26.7 Å². The molecule has 1 aliphatic rings. The van der Waals surface area contributed by atoms with Gasteiger partial charge in [0.05, 0.1) is 0 Å². The number of rotatable bonds is 1. The average Bonchev–Trinajstić information content (AvgIpc) is 2.41. The Kier molecular flexibility index (Phi) is 20.2. The molecule has 1 heterocycles. The van der Waals surface area contributed by atoms with Crippen LogP contribution in [0.4, 0.5) is 0 Å². The molecular weight excluding hydrogens is 191 g/mol. The third kappa shape index (κ3) is 16.0. The van der Waals surface area contributed by atoms with Gasteiger partial charge in [-0.25, -0.2) is 0 Å². The van der Waals surface area contributed by atoms with Crippen LogP contribution in [0.5, 0.6) is 0 Å². The molecule has 0 radical (unpaired) electrons. The average molecular weight is 211 g/mol. The van der Waals surface area contributed by atoms with Crippen molar-refractivity contribution >= 4 is 0 Å². The maximum Gasteiger partial charge on any atom is 1.00 e. The van der Waals surface area contributed by atoms with E-state index in [9.17, 15) is 0 Å². The number of likely N-dealkylation sites (N-methyl/N-ethyl adjacent to an activating group) is 1. The van der Waals surface area contributed by atoms with Gasteiger partial charge in [-0.2, -0.15) is 0 Å². The van der Waals surface area contributed by atoms with Crippen molar-refractivity contribution in [3.05, 3.63) is 12.2 Å². The second-order valence-corrected chi connectivity index (χ2v) is 3.23. The Morgan fingerprint density at radius 1 is 1.54 bits per heavy atom. The number of nitrogens with zero attached hydrogens (tertiary/aromatic N) is 1. The van der Waals surface area contributed by atoms with Crippen molar-refractivity contribution in [3.63, 3.8) is 0 Å². The summed E-state index contributed by atoms with van der Waals surface area (Å²) in [6.45, 7) is 7.10. The molecule has 0 bridgehead atoms. The van der Waals surface area contributed by atoms with Crippen LogP contribution in [0.25, 0.3) is 0 Å². The van der Waals surface area contributed by atoms with E-state index in [0.717, 1.165) is 19.6 Å². The SMILES string of the molecule is CC(C)CN.CN1C[C-]=CC1.[K+].[OH-]. The van der Waals surface area contributed by atoms with Gasteiger partial charge in [0, 0.05) is 0 Å². The summed E-state index contributed by atoms with van der Waals surface area (Å²) in [6, 6.07) is 0. The minimum Gasteiger partial charge on any atom is -0.870 e. The quantitative estimate of drug-likeness (QED) is 0.393. The Morgan fingerprint density at radius 2 is 2.00 bits per heavy atom. The summed E-state index contributed by atoms with van der Waals surface area (Å²) in [6.07, 6.45) is 5.13. The van der Waals surface area contributed by atoms with E-state index in [1.54, 1.807) is 0 Å². The third-order valence-corrected chi connectivity index (χ3v) is 1.38. The molecule has 13 heavy (non-hydrogen) atoms. The van der Waals surface area contributed by atoms with Gasteiger partial charge in [0.1, 0.15) is 0 Å². The molecule has 0 saturated heterocycles. The molecule has 0 atom stereocenters. The molecule has 4 heteroatoms. The van der Waals surface area contributed by atoms with E-state index >= 15 is 0 Å². The zero-order chi connectivity index (χ0) is 8.69. The van der Waals surface area contributed by atoms with E-state index in [0.29, 0.717) is 5.92 Å². The fraction of sp³-hybridized carbons (Fsp3) is 0.778. The van der Waals surface area contributed by atoms with E-state index in [4.69, 9.17) is 5.73 Å². The zero-order valence-electron chi connectivity index (χ0n) is 9.25. The summed E-state index contributed by atoms with van der Waals surface area (Å²) in [5, 5.41) is 0. The molecule has 3 nitrogen and oxygen atoms in total. The van der Waals surface area contributed by atoms with Gasteiger partial charge in [-0.3, -0.25) is 6.08 Å². The second-order valence-electron chi connectivity index (χ2n) is 3.23. The monoisotopic (exact) mass is 211 g/mol. The molecule has 1 aliphatic heterocycles. The minimum absolute atomic E-state index is 0. The van der Waals surface area contributed by atoms with E-state index in [-0.39, 0.29) is 56.9 Å². The normalized spacial score (nSPS) is 14.2. The second kappa shape index (κ2) is 13.3. The first-order valence-electron chi connectivity index (χ1n) is 4.10.